The quantitative estimate of drug-likeness (QED) is 0.478. The fourth-order valence-corrected chi connectivity index (χ4v) is 1.59. The zero-order chi connectivity index (χ0) is 12.6. The van der Waals surface area contributed by atoms with Crippen molar-refractivity contribution in [1.29, 1.82) is 0 Å². The lowest BCUT2D eigenvalue weighted by Crippen LogP contribution is -2.03. The van der Waals surface area contributed by atoms with Crippen molar-refractivity contribution >= 4 is 0 Å². The Bertz CT molecular complexity index is 115. The minimum absolute atomic E-state index is 0.268. The molecule has 17 heavy (non-hydrogen) atoms. The largest absolute Gasteiger partial charge is 0.396 e. The SMILES string of the molecule is CCCCCCCOCCCOCCCCO. The van der Waals surface area contributed by atoms with Crippen LogP contribution < -0.4 is 0 Å². The minimum Gasteiger partial charge on any atom is -0.396 e. The molecule has 0 aliphatic rings. The van der Waals surface area contributed by atoms with Crippen LogP contribution in [0.4, 0.5) is 0 Å². The zero-order valence-electron chi connectivity index (χ0n) is 11.5. The summed E-state index contributed by atoms with van der Waals surface area (Å²) in [7, 11) is 0. The maximum atomic E-state index is 8.57. The maximum Gasteiger partial charge on any atom is 0.0487 e. The fraction of sp³-hybridized carbons (Fsp3) is 1.00. The summed E-state index contributed by atoms with van der Waals surface area (Å²) in [5.41, 5.74) is 0. The molecule has 3 heteroatoms. The average molecular weight is 246 g/mol. The van der Waals surface area contributed by atoms with E-state index in [0.717, 1.165) is 45.7 Å². The number of hydrogen-bond donors (Lipinski definition) is 1. The van der Waals surface area contributed by atoms with Crippen molar-refractivity contribution in [3.63, 3.8) is 0 Å². The second kappa shape index (κ2) is 15.9. The average Bonchev–Trinajstić information content (AvgIpc) is 2.35. The Morgan fingerprint density at radius 3 is 1.76 bits per heavy atom. The lowest BCUT2D eigenvalue weighted by molar-refractivity contribution is 0.0781. The van der Waals surface area contributed by atoms with Crippen molar-refractivity contribution in [2.24, 2.45) is 0 Å². The van der Waals surface area contributed by atoms with Gasteiger partial charge in [0.1, 0.15) is 0 Å². The summed E-state index contributed by atoms with van der Waals surface area (Å²) in [5, 5.41) is 8.57. The Labute approximate surface area is 107 Å². The van der Waals surface area contributed by atoms with E-state index >= 15 is 0 Å². The van der Waals surface area contributed by atoms with Gasteiger partial charge >= 0.3 is 0 Å². The first-order chi connectivity index (χ1) is 8.41. The zero-order valence-corrected chi connectivity index (χ0v) is 11.5. The van der Waals surface area contributed by atoms with Gasteiger partial charge < -0.3 is 14.6 Å². The molecule has 0 saturated heterocycles. The van der Waals surface area contributed by atoms with E-state index in [2.05, 4.69) is 6.92 Å². The molecule has 0 heterocycles. The van der Waals surface area contributed by atoms with Gasteiger partial charge in [-0.05, 0) is 25.7 Å². The normalized spacial score (nSPS) is 10.9. The summed E-state index contributed by atoms with van der Waals surface area (Å²) < 4.78 is 10.9. The molecule has 0 aliphatic carbocycles. The highest BCUT2D eigenvalue weighted by molar-refractivity contribution is 4.42. The predicted octanol–water partition coefficient (Wildman–Crippen LogP) is 3.15. The Kier molecular flexibility index (Phi) is 15.8. The third-order valence-electron chi connectivity index (χ3n) is 2.67. The van der Waals surface area contributed by atoms with Crippen LogP contribution in [0, 0.1) is 0 Å². The van der Waals surface area contributed by atoms with Gasteiger partial charge in [-0.25, -0.2) is 0 Å². The van der Waals surface area contributed by atoms with Gasteiger partial charge in [-0.15, -0.1) is 0 Å². The van der Waals surface area contributed by atoms with Crippen molar-refractivity contribution in [3.8, 4) is 0 Å². The van der Waals surface area contributed by atoms with E-state index in [0.29, 0.717) is 0 Å². The monoisotopic (exact) mass is 246 g/mol. The predicted molar refractivity (Wildman–Crippen MR) is 71.3 cm³/mol. The van der Waals surface area contributed by atoms with Crippen LogP contribution >= 0.6 is 0 Å². The van der Waals surface area contributed by atoms with Crippen LogP contribution in [-0.4, -0.2) is 38.1 Å². The molecule has 0 aliphatic heterocycles. The van der Waals surface area contributed by atoms with Gasteiger partial charge in [0.05, 0.1) is 0 Å². The summed E-state index contributed by atoms with van der Waals surface area (Å²) in [5.74, 6) is 0. The number of hydrogen-bond acceptors (Lipinski definition) is 3. The van der Waals surface area contributed by atoms with E-state index < -0.39 is 0 Å². The van der Waals surface area contributed by atoms with Crippen molar-refractivity contribution in [3.05, 3.63) is 0 Å². The number of aliphatic hydroxyl groups excluding tert-OH is 1. The molecule has 0 fully saturated rings. The molecule has 0 unspecified atom stereocenters. The van der Waals surface area contributed by atoms with Gasteiger partial charge in [0.2, 0.25) is 0 Å². The molecular formula is C14H30O3. The van der Waals surface area contributed by atoms with E-state index in [-0.39, 0.29) is 6.61 Å². The Hall–Kier alpha value is -0.120. The summed E-state index contributed by atoms with van der Waals surface area (Å²) in [6, 6.07) is 0. The topological polar surface area (TPSA) is 38.7 Å². The molecule has 1 N–H and O–H groups in total. The number of rotatable bonds is 14. The van der Waals surface area contributed by atoms with Gasteiger partial charge in [0.25, 0.3) is 0 Å². The molecule has 0 aromatic heterocycles. The highest BCUT2D eigenvalue weighted by Gasteiger charge is 1.92. The molecular weight excluding hydrogens is 216 g/mol. The van der Waals surface area contributed by atoms with E-state index in [1.165, 1.54) is 32.1 Å². The second-order valence-corrected chi connectivity index (χ2v) is 4.42. The van der Waals surface area contributed by atoms with E-state index in [1.54, 1.807) is 0 Å². The molecule has 0 saturated carbocycles. The highest BCUT2D eigenvalue weighted by atomic mass is 16.5. The van der Waals surface area contributed by atoms with Crippen LogP contribution in [0.25, 0.3) is 0 Å². The summed E-state index contributed by atoms with van der Waals surface area (Å²) >= 11 is 0. The van der Waals surface area contributed by atoms with Crippen LogP contribution in [-0.2, 0) is 9.47 Å². The molecule has 0 rings (SSSR count). The van der Waals surface area contributed by atoms with Crippen LogP contribution in [0.1, 0.15) is 58.3 Å². The van der Waals surface area contributed by atoms with Crippen LogP contribution in [0.3, 0.4) is 0 Å². The molecule has 3 nitrogen and oxygen atoms in total. The van der Waals surface area contributed by atoms with Gasteiger partial charge in [-0.2, -0.15) is 0 Å². The van der Waals surface area contributed by atoms with E-state index in [1.807, 2.05) is 0 Å². The maximum absolute atomic E-state index is 8.57. The third-order valence-corrected chi connectivity index (χ3v) is 2.67. The van der Waals surface area contributed by atoms with Gasteiger partial charge in [-0.3, -0.25) is 0 Å². The Balaban J connectivity index is 2.85. The smallest absolute Gasteiger partial charge is 0.0487 e. The lowest BCUT2D eigenvalue weighted by Gasteiger charge is -2.05. The molecule has 0 atom stereocenters. The van der Waals surface area contributed by atoms with Gasteiger partial charge in [-0.1, -0.05) is 32.6 Å². The molecule has 0 bridgehead atoms. The standard InChI is InChI=1S/C14H30O3/c1-2-3-4-5-7-11-16-13-9-14-17-12-8-6-10-15/h15H,2-14H2,1H3. The summed E-state index contributed by atoms with van der Waals surface area (Å²) in [4.78, 5) is 0. The number of ether oxygens (including phenoxy) is 2. The van der Waals surface area contributed by atoms with E-state index in [4.69, 9.17) is 14.6 Å². The molecule has 0 aromatic rings. The first-order valence-corrected chi connectivity index (χ1v) is 7.18. The van der Waals surface area contributed by atoms with Crippen LogP contribution in [0.5, 0.6) is 0 Å². The second-order valence-electron chi connectivity index (χ2n) is 4.42. The molecule has 0 amide bonds. The highest BCUT2D eigenvalue weighted by Crippen LogP contribution is 2.02. The Morgan fingerprint density at radius 2 is 1.18 bits per heavy atom. The minimum atomic E-state index is 0.268. The van der Waals surface area contributed by atoms with Crippen LogP contribution in [0.2, 0.25) is 0 Å². The molecule has 104 valence electrons. The van der Waals surface area contributed by atoms with Crippen molar-refractivity contribution < 1.29 is 14.6 Å². The number of aliphatic hydroxyl groups is 1. The molecule has 0 aromatic carbocycles. The van der Waals surface area contributed by atoms with Crippen molar-refractivity contribution in [2.45, 2.75) is 58.3 Å². The van der Waals surface area contributed by atoms with E-state index in [9.17, 15) is 0 Å². The van der Waals surface area contributed by atoms with Gasteiger partial charge in [0, 0.05) is 33.0 Å². The molecule has 0 radical (unpaired) electrons. The summed E-state index contributed by atoms with van der Waals surface area (Å²) in [6.07, 6.45) is 9.25. The third kappa shape index (κ3) is 15.9. The first kappa shape index (κ1) is 16.9. The lowest BCUT2D eigenvalue weighted by atomic mass is 10.2. The van der Waals surface area contributed by atoms with Gasteiger partial charge in [0.15, 0.2) is 0 Å². The van der Waals surface area contributed by atoms with Crippen molar-refractivity contribution in [1.82, 2.24) is 0 Å². The number of unbranched alkanes of at least 4 members (excludes halogenated alkanes) is 5. The van der Waals surface area contributed by atoms with Crippen molar-refractivity contribution in [2.75, 3.05) is 33.0 Å². The fourth-order valence-electron chi connectivity index (χ4n) is 1.59. The summed E-state index contributed by atoms with van der Waals surface area (Å²) in [6.45, 7) is 5.75. The van der Waals surface area contributed by atoms with Crippen LogP contribution in [0.15, 0.2) is 0 Å². The Morgan fingerprint density at radius 1 is 0.647 bits per heavy atom. The molecule has 0 spiro atoms. The first-order valence-electron chi connectivity index (χ1n) is 7.18.